The molecule has 2 fully saturated rings. The highest BCUT2D eigenvalue weighted by atomic mass is 16.5. The second-order valence-electron chi connectivity index (χ2n) is 6.30. The van der Waals surface area contributed by atoms with Gasteiger partial charge in [0.2, 0.25) is 0 Å². The molecule has 1 aliphatic heterocycles. The topological polar surface area (TPSA) is 99.8 Å². The average Bonchev–Trinajstić information content (AvgIpc) is 2.99. The lowest BCUT2D eigenvalue weighted by Gasteiger charge is -2.21. The van der Waals surface area contributed by atoms with Gasteiger partial charge in [0.1, 0.15) is 17.3 Å². The van der Waals surface area contributed by atoms with Crippen molar-refractivity contribution >= 4 is 5.91 Å². The van der Waals surface area contributed by atoms with E-state index in [1.807, 2.05) is 6.92 Å². The number of imidazole rings is 1. The highest BCUT2D eigenvalue weighted by Crippen LogP contribution is 2.39. The average molecular weight is 316 g/mol. The van der Waals surface area contributed by atoms with E-state index in [0.717, 1.165) is 30.3 Å². The largest absolute Gasteiger partial charge is 0.380 e. The van der Waals surface area contributed by atoms with E-state index in [-0.39, 0.29) is 18.1 Å². The maximum Gasteiger partial charge on any atom is 0.272 e. The first kappa shape index (κ1) is 14.4. The standard InChI is InChI=1S/C15H20N6O2/c1-8-16-6-11(17-8)15(22)21-7-10(23-2)5-12(21)14-18-13(19-20-14)9-3-4-9/h6,9-10,12H,3-5,7H2,1-2H3,(H,16,17)(H,18,19,20)/t10-,12+/m1/s1. The molecule has 2 aromatic heterocycles. The molecule has 3 heterocycles. The molecule has 0 radical (unpaired) electrons. The zero-order chi connectivity index (χ0) is 16.0. The summed E-state index contributed by atoms with van der Waals surface area (Å²) in [5.41, 5.74) is 0.492. The summed E-state index contributed by atoms with van der Waals surface area (Å²) in [6.45, 7) is 2.37. The molecule has 1 amide bonds. The zero-order valence-electron chi connectivity index (χ0n) is 13.2. The van der Waals surface area contributed by atoms with Crippen LogP contribution in [0, 0.1) is 6.92 Å². The van der Waals surface area contributed by atoms with Crippen molar-refractivity contribution in [1.82, 2.24) is 30.0 Å². The molecule has 4 rings (SSSR count). The molecular formula is C15H20N6O2. The number of ether oxygens (including phenoxy) is 1. The Hall–Kier alpha value is -2.22. The number of aromatic nitrogens is 5. The van der Waals surface area contributed by atoms with Gasteiger partial charge in [-0.15, -0.1) is 0 Å². The van der Waals surface area contributed by atoms with Gasteiger partial charge in [-0.1, -0.05) is 0 Å². The molecule has 2 aromatic rings. The monoisotopic (exact) mass is 316 g/mol. The number of carbonyl (C=O) groups is 1. The molecule has 1 aliphatic carbocycles. The number of amides is 1. The highest BCUT2D eigenvalue weighted by molar-refractivity contribution is 5.92. The van der Waals surface area contributed by atoms with E-state index in [0.29, 0.717) is 24.6 Å². The number of H-pyrrole nitrogens is 2. The number of nitrogens with zero attached hydrogens (tertiary/aromatic N) is 4. The van der Waals surface area contributed by atoms with Crippen LogP contribution in [0.5, 0.6) is 0 Å². The van der Waals surface area contributed by atoms with Gasteiger partial charge in [-0.3, -0.25) is 9.89 Å². The maximum absolute atomic E-state index is 12.8. The van der Waals surface area contributed by atoms with Crippen molar-refractivity contribution in [2.24, 2.45) is 0 Å². The molecule has 8 heteroatoms. The fourth-order valence-corrected chi connectivity index (χ4v) is 3.10. The number of carbonyl (C=O) groups excluding carboxylic acids is 1. The predicted molar refractivity (Wildman–Crippen MR) is 80.9 cm³/mol. The van der Waals surface area contributed by atoms with Crippen molar-refractivity contribution in [2.75, 3.05) is 13.7 Å². The molecule has 1 saturated carbocycles. The van der Waals surface area contributed by atoms with Crippen molar-refractivity contribution < 1.29 is 9.53 Å². The van der Waals surface area contributed by atoms with Crippen LogP contribution in [0.3, 0.4) is 0 Å². The number of nitrogens with one attached hydrogen (secondary N) is 2. The quantitative estimate of drug-likeness (QED) is 0.886. The van der Waals surface area contributed by atoms with Crippen LogP contribution in [-0.2, 0) is 4.74 Å². The minimum absolute atomic E-state index is 0.00226. The molecule has 1 saturated heterocycles. The van der Waals surface area contributed by atoms with E-state index in [2.05, 4.69) is 25.1 Å². The van der Waals surface area contributed by atoms with Crippen LogP contribution in [0.1, 0.15) is 59.2 Å². The van der Waals surface area contributed by atoms with Gasteiger partial charge in [-0.25, -0.2) is 9.97 Å². The predicted octanol–water partition coefficient (Wildman–Crippen LogP) is 1.32. The number of hydrogen-bond acceptors (Lipinski definition) is 5. The Morgan fingerprint density at radius 2 is 2.26 bits per heavy atom. The molecule has 0 aromatic carbocycles. The van der Waals surface area contributed by atoms with Crippen LogP contribution in [0.15, 0.2) is 6.20 Å². The van der Waals surface area contributed by atoms with Gasteiger partial charge in [-0.2, -0.15) is 5.10 Å². The smallest absolute Gasteiger partial charge is 0.272 e. The molecule has 0 bridgehead atoms. The van der Waals surface area contributed by atoms with E-state index in [9.17, 15) is 4.79 Å². The number of likely N-dealkylation sites (tertiary alicyclic amines) is 1. The van der Waals surface area contributed by atoms with E-state index in [1.165, 1.54) is 0 Å². The molecule has 2 aliphatic rings. The Labute approximate surface area is 133 Å². The van der Waals surface area contributed by atoms with Gasteiger partial charge >= 0.3 is 0 Å². The van der Waals surface area contributed by atoms with Crippen LogP contribution in [-0.4, -0.2) is 55.7 Å². The molecule has 2 atom stereocenters. The van der Waals surface area contributed by atoms with Crippen molar-refractivity contribution in [3.63, 3.8) is 0 Å². The summed E-state index contributed by atoms with van der Waals surface area (Å²) in [6, 6.07) is -0.143. The second kappa shape index (κ2) is 5.45. The Kier molecular flexibility index (Phi) is 3.41. The van der Waals surface area contributed by atoms with Crippen LogP contribution >= 0.6 is 0 Å². The Morgan fingerprint density at radius 1 is 1.43 bits per heavy atom. The Morgan fingerprint density at radius 3 is 2.91 bits per heavy atom. The van der Waals surface area contributed by atoms with Crippen LogP contribution in [0.25, 0.3) is 0 Å². The summed E-state index contributed by atoms with van der Waals surface area (Å²) in [6.07, 6.45) is 4.60. The maximum atomic E-state index is 12.8. The first-order valence-corrected chi connectivity index (χ1v) is 7.93. The first-order chi connectivity index (χ1) is 11.2. The Bertz CT molecular complexity index is 719. The fourth-order valence-electron chi connectivity index (χ4n) is 3.10. The van der Waals surface area contributed by atoms with E-state index in [4.69, 9.17) is 4.74 Å². The summed E-state index contributed by atoms with van der Waals surface area (Å²) in [4.78, 5) is 26.3. The molecule has 0 spiro atoms. The lowest BCUT2D eigenvalue weighted by Crippen LogP contribution is -2.32. The summed E-state index contributed by atoms with van der Waals surface area (Å²) in [5, 5.41) is 7.33. The fraction of sp³-hybridized carbons (Fsp3) is 0.600. The normalized spacial score (nSPS) is 24.3. The van der Waals surface area contributed by atoms with Gasteiger partial charge in [0.25, 0.3) is 5.91 Å². The zero-order valence-corrected chi connectivity index (χ0v) is 13.2. The van der Waals surface area contributed by atoms with Crippen molar-refractivity contribution in [3.8, 4) is 0 Å². The van der Waals surface area contributed by atoms with Crippen LogP contribution in [0.2, 0.25) is 0 Å². The van der Waals surface area contributed by atoms with Gasteiger partial charge < -0.3 is 14.6 Å². The highest BCUT2D eigenvalue weighted by Gasteiger charge is 2.40. The molecule has 2 N–H and O–H groups in total. The third-order valence-electron chi connectivity index (χ3n) is 4.57. The first-order valence-electron chi connectivity index (χ1n) is 7.93. The van der Waals surface area contributed by atoms with E-state index < -0.39 is 0 Å². The van der Waals surface area contributed by atoms with Crippen molar-refractivity contribution in [3.05, 3.63) is 29.4 Å². The summed E-state index contributed by atoms with van der Waals surface area (Å²) < 4.78 is 5.47. The summed E-state index contributed by atoms with van der Waals surface area (Å²) in [5.74, 6) is 2.74. The van der Waals surface area contributed by atoms with Crippen molar-refractivity contribution in [1.29, 1.82) is 0 Å². The number of aryl methyl sites for hydroxylation is 1. The minimum Gasteiger partial charge on any atom is -0.380 e. The number of hydrogen-bond donors (Lipinski definition) is 2. The molecule has 8 nitrogen and oxygen atoms in total. The van der Waals surface area contributed by atoms with Gasteiger partial charge in [0.05, 0.1) is 18.3 Å². The lowest BCUT2D eigenvalue weighted by atomic mass is 10.2. The number of aromatic amines is 2. The summed E-state index contributed by atoms with van der Waals surface area (Å²) in [7, 11) is 1.67. The Balaban J connectivity index is 1.60. The number of methoxy groups -OCH3 is 1. The van der Waals surface area contributed by atoms with Gasteiger partial charge in [-0.05, 0) is 19.8 Å². The second-order valence-corrected chi connectivity index (χ2v) is 6.30. The van der Waals surface area contributed by atoms with Crippen LogP contribution in [0.4, 0.5) is 0 Å². The molecular weight excluding hydrogens is 296 g/mol. The molecule has 122 valence electrons. The minimum atomic E-state index is -0.143. The van der Waals surface area contributed by atoms with E-state index in [1.54, 1.807) is 18.2 Å². The lowest BCUT2D eigenvalue weighted by molar-refractivity contribution is 0.0679. The summed E-state index contributed by atoms with van der Waals surface area (Å²) >= 11 is 0. The van der Waals surface area contributed by atoms with Crippen LogP contribution < -0.4 is 0 Å². The van der Waals surface area contributed by atoms with Gasteiger partial charge in [0, 0.05) is 26.0 Å². The van der Waals surface area contributed by atoms with E-state index >= 15 is 0 Å². The molecule has 0 unspecified atom stereocenters. The third kappa shape index (κ3) is 2.63. The molecule has 23 heavy (non-hydrogen) atoms. The number of rotatable bonds is 4. The SMILES string of the molecule is CO[C@@H]1C[C@@H](c2nc(C3CC3)n[nH]2)N(C(=O)c2cnc(C)[nH]2)C1. The van der Waals surface area contributed by atoms with Crippen molar-refractivity contribution in [2.45, 2.75) is 44.2 Å². The van der Waals surface area contributed by atoms with Gasteiger partial charge in [0.15, 0.2) is 5.82 Å². The third-order valence-corrected chi connectivity index (χ3v) is 4.57.